The summed E-state index contributed by atoms with van der Waals surface area (Å²) in [5, 5.41) is 3.13. The minimum atomic E-state index is -3.54. The number of hydrogen-bond acceptors (Lipinski definition) is 5. The van der Waals surface area contributed by atoms with Gasteiger partial charge >= 0.3 is 0 Å². The number of aryl methyl sites for hydroxylation is 2. The fourth-order valence-electron chi connectivity index (χ4n) is 5.27. The van der Waals surface area contributed by atoms with Gasteiger partial charge < -0.3 is 14.8 Å². The molecular weight excluding hydrogens is 450 g/mol. The highest BCUT2D eigenvalue weighted by atomic mass is 32.2. The molecule has 1 aliphatic rings. The first kappa shape index (κ1) is 26.6. The second-order valence-electron chi connectivity index (χ2n) is 9.96. The van der Waals surface area contributed by atoms with Crippen molar-refractivity contribution in [3.05, 3.63) is 24.0 Å². The molecule has 3 atom stereocenters. The lowest BCUT2D eigenvalue weighted by molar-refractivity contribution is -0.121. The van der Waals surface area contributed by atoms with Gasteiger partial charge in [-0.2, -0.15) is 4.31 Å². The molecule has 190 valence electrons. The highest BCUT2D eigenvalue weighted by Crippen LogP contribution is 2.23. The Balaban J connectivity index is 1.61. The number of likely N-dealkylation sites (tertiary alicyclic amines) is 1. The molecule has 1 aliphatic heterocycles. The quantitative estimate of drug-likeness (QED) is 0.552. The number of rotatable bonds is 10. The Bertz CT molecular complexity index is 1080. The summed E-state index contributed by atoms with van der Waals surface area (Å²) in [4.78, 5) is 20.0. The maximum absolute atomic E-state index is 12.9. The zero-order valence-corrected chi connectivity index (χ0v) is 22.4. The first-order valence-corrected chi connectivity index (χ1v) is 14.0. The van der Waals surface area contributed by atoms with Crippen LogP contribution >= 0.6 is 0 Å². The predicted octanol–water partition coefficient (Wildman–Crippen LogP) is 3.02. The second kappa shape index (κ2) is 11.2. The molecule has 1 fully saturated rings. The highest BCUT2D eigenvalue weighted by Gasteiger charge is 2.24. The van der Waals surface area contributed by atoms with Gasteiger partial charge in [0.1, 0.15) is 5.82 Å². The molecule has 0 aliphatic carbocycles. The van der Waals surface area contributed by atoms with Gasteiger partial charge in [-0.25, -0.2) is 13.4 Å². The van der Waals surface area contributed by atoms with E-state index in [-0.39, 0.29) is 16.8 Å². The molecule has 34 heavy (non-hydrogen) atoms. The lowest BCUT2D eigenvalue weighted by Crippen LogP contribution is -2.47. The van der Waals surface area contributed by atoms with E-state index in [2.05, 4.69) is 36.0 Å². The van der Waals surface area contributed by atoms with Crippen LogP contribution < -0.4 is 5.32 Å². The summed E-state index contributed by atoms with van der Waals surface area (Å²) < 4.78 is 29.1. The number of aromatic nitrogens is 2. The number of nitrogens with zero attached hydrogens (tertiary/aromatic N) is 4. The molecule has 0 saturated carbocycles. The number of sulfonamides is 1. The monoisotopic (exact) mass is 491 g/mol. The topological polar surface area (TPSA) is 87.5 Å². The van der Waals surface area contributed by atoms with Crippen LogP contribution in [0.2, 0.25) is 0 Å². The van der Waals surface area contributed by atoms with Gasteiger partial charge in [0.15, 0.2) is 0 Å². The van der Waals surface area contributed by atoms with Crippen LogP contribution in [-0.2, 0) is 28.3 Å². The van der Waals surface area contributed by atoms with Crippen molar-refractivity contribution in [1.29, 1.82) is 0 Å². The van der Waals surface area contributed by atoms with Crippen molar-refractivity contribution in [2.24, 2.45) is 18.9 Å². The van der Waals surface area contributed by atoms with Crippen LogP contribution in [0.4, 0.5) is 0 Å². The van der Waals surface area contributed by atoms with E-state index in [0.29, 0.717) is 43.3 Å². The van der Waals surface area contributed by atoms with Crippen molar-refractivity contribution in [2.75, 3.05) is 32.7 Å². The lowest BCUT2D eigenvalue weighted by atomic mass is 9.92. The van der Waals surface area contributed by atoms with E-state index in [0.717, 1.165) is 31.0 Å². The minimum Gasteiger partial charge on any atom is -0.352 e. The smallest absolute Gasteiger partial charge is 0.243 e. The third kappa shape index (κ3) is 6.17. The van der Waals surface area contributed by atoms with Crippen LogP contribution in [0.1, 0.15) is 53.3 Å². The number of carbonyl (C=O) groups is 1. The van der Waals surface area contributed by atoms with Crippen LogP contribution in [-0.4, -0.2) is 71.8 Å². The number of piperidine rings is 1. The summed E-state index contributed by atoms with van der Waals surface area (Å²) in [6.07, 6.45) is 2.12. The van der Waals surface area contributed by atoms with Gasteiger partial charge in [0, 0.05) is 58.7 Å². The summed E-state index contributed by atoms with van der Waals surface area (Å²) >= 11 is 0. The van der Waals surface area contributed by atoms with Crippen LogP contribution in [0.15, 0.2) is 23.1 Å². The average Bonchev–Trinajstić information content (AvgIpc) is 3.07. The molecule has 0 bridgehead atoms. The van der Waals surface area contributed by atoms with Gasteiger partial charge in [-0.3, -0.25) is 4.79 Å². The maximum Gasteiger partial charge on any atom is 0.243 e. The highest BCUT2D eigenvalue weighted by molar-refractivity contribution is 7.89. The largest absolute Gasteiger partial charge is 0.352 e. The van der Waals surface area contributed by atoms with E-state index < -0.39 is 10.0 Å². The van der Waals surface area contributed by atoms with E-state index in [1.54, 1.807) is 18.2 Å². The van der Waals surface area contributed by atoms with Crippen LogP contribution in [0.3, 0.4) is 0 Å². The molecule has 1 saturated heterocycles. The molecule has 8 nitrogen and oxygen atoms in total. The Kier molecular flexibility index (Phi) is 8.76. The van der Waals surface area contributed by atoms with E-state index in [4.69, 9.17) is 0 Å². The van der Waals surface area contributed by atoms with E-state index >= 15 is 0 Å². The third-order valence-electron chi connectivity index (χ3n) is 6.75. The number of nitrogens with one attached hydrogen (secondary N) is 1. The molecule has 3 unspecified atom stereocenters. The number of fused-ring (bicyclic) bond motifs is 1. The third-order valence-corrected chi connectivity index (χ3v) is 8.79. The fourth-order valence-corrected chi connectivity index (χ4v) is 6.75. The number of benzene rings is 1. The molecule has 2 aromatic rings. The summed E-state index contributed by atoms with van der Waals surface area (Å²) in [5.74, 6) is 2.19. The van der Waals surface area contributed by atoms with Crippen molar-refractivity contribution < 1.29 is 13.2 Å². The Morgan fingerprint density at radius 2 is 1.85 bits per heavy atom. The van der Waals surface area contributed by atoms with Gasteiger partial charge in [0.25, 0.3) is 0 Å². The number of hydrogen-bond donors (Lipinski definition) is 1. The van der Waals surface area contributed by atoms with Crippen molar-refractivity contribution in [3.8, 4) is 0 Å². The minimum absolute atomic E-state index is 0.0162. The average molecular weight is 492 g/mol. The van der Waals surface area contributed by atoms with Gasteiger partial charge in [0.2, 0.25) is 15.9 Å². The van der Waals surface area contributed by atoms with E-state index in [1.165, 1.54) is 10.7 Å². The van der Waals surface area contributed by atoms with Crippen molar-refractivity contribution >= 4 is 27.0 Å². The fraction of sp³-hybridized carbons (Fsp3) is 0.680. The molecule has 0 radical (unpaired) electrons. The van der Waals surface area contributed by atoms with Crippen LogP contribution in [0.5, 0.6) is 0 Å². The summed E-state index contributed by atoms with van der Waals surface area (Å²) in [6.45, 7) is 14.2. The van der Waals surface area contributed by atoms with E-state index in [1.807, 2.05) is 25.5 Å². The molecule has 0 spiro atoms. The summed E-state index contributed by atoms with van der Waals surface area (Å²) in [6, 6.07) is 5.16. The van der Waals surface area contributed by atoms with Crippen LogP contribution in [0, 0.1) is 11.8 Å². The lowest BCUT2D eigenvalue weighted by Gasteiger charge is -2.36. The molecule has 3 rings (SSSR count). The number of carbonyl (C=O) groups excluding carboxylic acids is 1. The zero-order valence-electron chi connectivity index (χ0n) is 21.5. The normalized spacial score (nSPS) is 20.7. The summed E-state index contributed by atoms with van der Waals surface area (Å²) in [5.41, 5.74) is 1.49. The van der Waals surface area contributed by atoms with Gasteiger partial charge in [0.05, 0.1) is 15.9 Å². The summed E-state index contributed by atoms with van der Waals surface area (Å²) in [7, 11) is -1.63. The predicted molar refractivity (Wildman–Crippen MR) is 136 cm³/mol. The zero-order chi connectivity index (χ0) is 25.0. The molecule has 1 amide bonds. The van der Waals surface area contributed by atoms with Crippen molar-refractivity contribution in [2.45, 2.75) is 64.8 Å². The van der Waals surface area contributed by atoms with Crippen molar-refractivity contribution in [1.82, 2.24) is 24.1 Å². The molecule has 1 aromatic heterocycles. The van der Waals surface area contributed by atoms with Gasteiger partial charge in [-0.15, -0.1) is 0 Å². The van der Waals surface area contributed by atoms with Crippen LogP contribution in [0.25, 0.3) is 11.0 Å². The molecular formula is C25H41N5O3S. The Morgan fingerprint density at radius 3 is 2.47 bits per heavy atom. The Labute approximate surface area is 204 Å². The van der Waals surface area contributed by atoms with Crippen molar-refractivity contribution in [3.63, 3.8) is 0 Å². The van der Waals surface area contributed by atoms with E-state index in [9.17, 15) is 13.2 Å². The Morgan fingerprint density at radius 1 is 1.21 bits per heavy atom. The Hall–Kier alpha value is -1.97. The molecule has 1 aromatic carbocycles. The second-order valence-corrected chi connectivity index (χ2v) is 11.9. The number of imidazole rings is 1. The first-order chi connectivity index (χ1) is 16.0. The molecule has 9 heteroatoms. The van der Waals surface area contributed by atoms with Gasteiger partial charge in [-0.1, -0.05) is 27.7 Å². The molecule has 1 N–H and O–H groups in total. The molecule has 2 heterocycles. The standard InChI is InChI=1S/C25H41N5O3S/c1-7-30(8-2)34(32,33)21-9-10-23-22(14-21)27-24(28(23)6)11-12-25(31)26-20(5)17-29-15-18(3)13-19(4)16-29/h9-10,14,18-20H,7-8,11-13,15-17H2,1-6H3,(H,26,31). The first-order valence-electron chi connectivity index (χ1n) is 12.5. The SMILES string of the molecule is CCN(CC)S(=O)(=O)c1ccc2c(c1)nc(CCC(=O)NC(C)CN1CC(C)CC(C)C1)n2C. The maximum atomic E-state index is 12.9. The number of amides is 1. The van der Waals surface area contributed by atoms with Gasteiger partial charge in [-0.05, 0) is 43.4 Å².